The van der Waals surface area contributed by atoms with Gasteiger partial charge in [-0.05, 0) is 122 Å². The molecule has 0 amide bonds. The molecule has 1 atom stereocenters. The lowest BCUT2D eigenvalue weighted by Gasteiger charge is -2.18. The monoisotopic (exact) mass is 915 g/mol. The van der Waals surface area contributed by atoms with Gasteiger partial charge in [0, 0.05) is 19.4 Å². The molecule has 0 aliphatic carbocycles. The summed E-state index contributed by atoms with van der Waals surface area (Å²) < 4.78 is 17.4. The fourth-order valence-electron chi connectivity index (χ4n) is 7.25. The molecular formula is C61H102O5. The molecule has 0 aromatic carbocycles. The summed E-state index contributed by atoms with van der Waals surface area (Å²) in [5, 5.41) is 0. The van der Waals surface area contributed by atoms with Crippen molar-refractivity contribution in [2.75, 3.05) is 19.8 Å². The number of carbonyl (C=O) groups is 2. The van der Waals surface area contributed by atoms with Crippen molar-refractivity contribution in [2.45, 2.75) is 245 Å². The fraction of sp³-hybridized carbons (Fsp3) is 0.672. The van der Waals surface area contributed by atoms with Crippen molar-refractivity contribution in [3.05, 3.63) is 109 Å². The molecule has 0 bridgehead atoms. The molecule has 0 aromatic rings. The molecule has 5 heteroatoms. The third-order valence-electron chi connectivity index (χ3n) is 11.3. The molecule has 0 aliphatic rings. The molecule has 0 rings (SSSR count). The van der Waals surface area contributed by atoms with E-state index in [1.807, 2.05) is 0 Å². The quantitative estimate of drug-likeness (QED) is 0.0346. The van der Waals surface area contributed by atoms with Crippen molar-refractivity contribution >= 4 is 11.9 Å². The van der Waals surface area contributed by atoms with Crippen molar-refractivity contribution in [2.24, 2.45) is 0 Å². The molecular weight excluding hydrogens is 813 g/mol. The van der Waals surface area contributed by atoms with Gasteiger partial charge in [-0.25, -0.2) is 0 Å². The lowest BCUT2D eigenvalue weighted by atomic mass is 10.1. The van der Waals surface area contributed by atoms with Gasteiger partial charge < -0.3 is 14.2 Å². The smallest absolute Gasteiger partial charge is 0.306 e. The summed E-state index contributed by atoms with van der Waals surface area (Å²) in [6, 6.07) is 0. The standard InChI is InChI=1S/C61H102O5/c1-4-7-10-13-16-19-22-25-27-29-30-31-33-35-38-41-44-47-50-53-56-64-57-59(66-61(63)55-52-49-46-43-40-36-24-21-18-15-12-9-6-3)58-65-60(62)54-51-48-45-42-39-37-34-32-28-26-23-20-17-14-11-8-5-2/h7,9-10,12,16,18-19,21,25-28,30-31,35-36,38,40,59H,4-6,8,11,13-15,17,20,22-24,29,32-34,37,39,41-58H2,1-3H3/b10-7-,12-9-,19-16-,21-18-,27-25-,28-26-,31-30-,38-35-,40-36-. The largest absolute Gasteiger partial charge is 0.462 e. The molecule has 66 heavy (non-hydrogen) atoms. The van der Waals surface area contributed by atoms with Gasteiger partial charge in [-0.2, -0.15) is 0 Å². The summed E-state index contributed by atoms with van der Waals surface area (Å²) in [5.74, 6) is -0.454. The van der Waals surface area contributed by atoms with Gasteiger partial charge in [0.1, 0.15) is 6.61 Å². The number of ether oxygens (including phenoxy) is 3. The Balaban J connectivity index is 4.36. The maximum atomic E-state index is 12.8. The average Bonchev–Trinajstić information content (AvgIpc) is 3.32. The predicted octanol–water partition coefficient (Wildman–Crippen LogP) is 18.8. The highest BCUT2D eigenvalue weighted by molar-refractivity contribution is 5.70. The first kappa shape index (κ1) is 62.6. The Morgan fingerprint density at radius 1 is 0.348 bits per heavy atom. The van der Waals surface area contributed by atoms with Gasteiger partial charge in [0.15, 0.2) is 6.10 Å². The van der Waals surface area contributed by atoms with E-state index in [0.29, 0.717) is 19.4 Å². The Morgan fingerprint density at radius 3 is 1.12 bits per heavy atom. The van der Waals surface area contributed by atoms with E-state index < -0.39 is 6.10 Å². The third-order valence-corrected chi connectivity index (χ3v) is 11.3. The Morgan fingerprint density at radius 2 is 0.682 bits per heavy atom. The highest BCUT2D eigenvalue weighted by Gasteiger charge is 2.17. The van der Waals surface area contributed by atoms with Crippen LogP contribution in [0, 0.1) is 0 Å². The SMILES string of the molecule is CC/C=C\C/C=C\C/C=C\C/C=C\C/C=C\CCCCCCOCC(COC(=O)CCCCCCCCC/C=C\CCCCCCCC)OC(=O)CCCCC/C=C\C/C=C\C/C=C\CC. The van der Waals surface area contributed by atoms with Crippen LogP contribution in [0.2, 0.25) is 0 Å². The predicted molar refractivity (Wildman–Crippen MR) is 288 cm³/mol. The van der Waals surface area contributed by atoms with E-state index in [-0.39, 0.29) is 25.2 Å². The minimum atomic E-state index is -0.573. The van der Waals surface area contributed by atoms with E-state index in [2.05, 4.69) is 130 Å². The zero-order valence-corrected chi connectivity index (χ0v) is 43.2. The van der Waals surface area contributed by atoms with Crippen molar-refractivity contribution in [3.63, 3.8) is 0 Å². The molecule has 1 unspecified atom stereocenters. The van der Waals surface area contributed by atoms with Crippen molar-refractivity contribution < 1.29 is 23.8 Å². The number of hydrogen-bond acceptors (Lipinski definition) is 5. The van der Waals surface area contributed by atoms with Gasteiger partial charge in [0.25, 0.3) is 0 Å². The first-order valence-electron chi connectivity index (χ1n) is 27.4. The lowest BCUT2D eigenvalue weighted by Crippen LogP contribution is -2.30. The molecule has 0 fully saturated rings. The topological polar surface area (TPSA) is 61.8 Å². The number of hydrogen-bond donors (Lipinski definition) is 0. The second-order valence-electron chi connectivity index (χ2n) is 17.7. The molecule has 0 aliphatic heterocycles. The van der Waals surface area contributed by atoms with Crippen LogP contribution < -0.4 is 0 Å². The molecule has 0 N–H and O–H groups in total. The Bertz CT molecular complexity index is 1310. The lowest BCUT2D eigenvalue weighted by molar-refractivity contribution is -0.163. The molecule has 0 spiro atoms. The summed E-state index contributed by atoms with van der Waals surface area (Å²) >= 11 is 0. The maximum Gasteiger partial charge on any atom is 0.306 e. The Kier molecular flexibility index (Phi) is 53.0. The summed E-state index contributed by atoms with van der Waals surface area (Å²) in [7, 11) is 0. The fourth-order valence-corrected chi connectivity index (χ4v) is 7.25. The van der Waals surface area contributed by atoms with Gasteiger partial charge in [0.2, 0.25) is 0 Å². The normalized spacial score (nSPS) is 13.1. The molecule has 0 saturated heterocycles. The van der Waals surface area contributed by atoms with Crippen LogP contribution in [0.15, 0.2) is 109 Å². The number of esters is 2. The third kappa shape index (κ3) is 53.2. The highest BCUT2D eigenvalue weighted by atomic mass is 16.6. The van der Waals surface area contributed by atoms with Gasteiger partial charge >= 0.3 is 11.9 Å². The van der Waals surface area contributed by atoms with Crippen LogP contribution >= 0.6 is 0 Å². The van der Waals surface area contributed by atoms with Crippen molar-refractivity contribution in [3.8, 4) is 0 Å². The minimum Gasteiger partial charge on any atom is -0.462 e. The Hall–Kier alpha value is -3.44. The maximum absolute atomic E-state index is 12.8. The Labute approximate surface area is 408 Å². The van der Waals surface area contributed by atoms with E-state index in [9.17, 15) is 9.59 Å². The van der Waals surface area contributed by atoms with E-state index in [0.717, 1.165) is 122 Å². The highest BCUT2D eigenvalue weighted by Crippen LogP contribution is 2.13. The first-order valence-corrected chi connectivity index (χ1v) is 27.4. The van der Waals surface area contributed by atoms with Crippen LogP contribution in [-0.2, 0) is 23.8 Å². The summed E-state index contributed by atoms with van der Waals surface area (Å²) in [6.45, 7) is 7.50. The van der Waals surface area contributed by atoms with Crippen LogP contribution in [0.25, 0.3) is 0 Å². The van der Waals surface area contributed by atoms with Gasteiger partial charge in [-0.15, -0.1) is 0 Å². The zero-order chi connectivity index (χ0) is 47.7. The number of unbranched alkanes of at least 4 members (excludes halogenated alkanes) is 20. The first-order chi connectivity index (χ1) is 32.6. The molecule has 0 radical (unpaired) electrons. The average molecular weight is 915 g/mol. The number of allylic oxidation sites excluding steroid dienone is 18. The van der Waals surface area contributed by atoms with Crippen LogP contribution in [0.1, 0.15) is 239 Å². The van der Waals surface area contributed by atoms with Gasteiger partial charge in [-0.3, -0.25) is 9.59 Å². The van der Waals surface area contributed by atoms with Crippen molar-refractivity contribution in [1.29, 1.82) is 0 Å². The van der Waals surface area contributed by atoms with Gasteiger partial charge in [0.05, 0.1) is 6.61 Å². The van der Waals surface area contributed by atoms with Crippen LogP contribution in [0.4, 0.5) is 0 Å². The van der Waals surface area contributed by atoms with E-state index in [4.69, 9.17) is 14.2 Å². The molecule has 0 heterocycles. The summed E-state index contributed by atoms with van der Waals surface area (Å²) in [4.78, 5) is 25.4. The van der Waals surface area contributed by atoms with E-state index in [1.54, 1.807) is 0 Å². The minimum absolute atomic E-state index is 0.0549. The number of carbonyl (C=O) groups excluding carboxylic acids is 2. The van der Waals surface area contributed by atoms with Crippen molar-refractivity contribution in [1.82, 2.24) is 0 Å². The number of rotatable bonds is 49. The second-order valence-corrected chi connectivity index (χ2v) is 17.7. The zero-order valence-electron chi connectivity index (χ0n) is 43.2. The molecule has 376 valence electrons. The molecule has 0 saturated carbocycles. The molecule has 5 nitrogen and oxygen atoms in total. The van der Waals surface area contributed by atoms with E-state index in [1.165, 1.54) is 83.5 Å². The van der Waals surface area contributed by atoms with E-state index >= 15 is 0 Å². The summed E-state index contributed by atoms with van der Waals surface area (Å²) in [5.41, 5.74) is 0. The molecule has 0 aromatic heterocycles. The second kappa shape index (κ2) is 55.9. The summed E-state index contributed by atoms with van der Waals surface area (Å²) in [6.07, 6.45) is 76.8. The van der Waals surface area contributed by atoms with Crippen LogP contribution in [0.5, 0.6) is 0 Å². The van der Waals surface area contributed by atoms with Gasteiger partial charge in [-0.1, -0.05) is 214 Å². The van der Waals surface area contributed by atoms with Crippen LogP contribution in [-0.4, -0.2) is 37.9 Å². The van der Waals surface area contributed by atoms with Crippen LogP contribution in [0.3, 0.4) is 0 Å².